The van der Waals surface area contributed by atoms with E-state index in [-0.39, 0.29) is 18.9 Å². The maximum Gasteiger partial charge on any atom is 0.220 e. The minimum Gasteiger partial charge on any atom is -0.394 e. The van der Waals surface area contributed by atoms with Gasteiger partial charge < -0.3 is 65.1 Å². The largest absolute Gasteiger partial charge is 0.394 e. The summed E-state index contributed by atoms with van der Waals surface area (Å²) in [5, 5.41) is 87.7. The van der Waals surface area contributed by atoms with Gasteiger partial charge in [-0.3, -0.25) is 4.79 Å². The Hall–Kier alpha value is -2.57. The van der Waals surface area contributed by atoms with Gasteiger partial charge >= 0.3 is 0 Å². The number of nitrogens with one attached hydrogen (secondary N) is 1. The van der Waals surface area contributed by atoms with Gasteiger partial charge in [-0.05, 0) is 64.2 Å². The Bertz CT molecular complexity index is 1800. The number of aliphatic hydroxyl groups excluding tert-OH is 8. The predicted octanol–water partition coefficient (Wildman–Crippen LogP) is 16.2. The molecule has 0 bridgehead atoms. The Morgan fingerprint density at radius 2 is 0.758 bits per heavy atom. The quantitative estimate of drug-likeness (QED) is 0.0204. The lowest BCUT2D eigenvalue weighted by atomic mass is 9.97. The number of carbonyl (C=O) groups excluding carboxylic acids is 1. The van der Waals surface area contributed by atoms with E-state index < -0.39 is 86.8 Å². The topological polar surface area (TPSA) is 228 Å². The zero-order chi connectivity index (χ0) is 65.9. The van der Waals surface area contributed by atoms with Crippen molar-refractivity contribution in [2.24, 2.45) is 0 Å². The summed E-state index contributed by atoms with van der Waals surface area (Å²) in [4.78, 5) is 13.4. The lowest BCUT2D eigenvalue weighted by Gasteiger charge is -2.46. The molecule has 2 aliphatic rings. The van der Waals surface area contributed by atoms with Crippen LogP contribution in [-0.2, 0) is 23.7 Å². The van der Waals surface area contributed by atoms with Gasteiger partial charge in [0.2, 0.25) is 5.91 Å². The van der Waals surface area contributed by atoms with Crippen molar-refractivity contribution in [3.05, 3.63) is 72.9 Å². The molecule has 0 aromatic rings. The highest BCUT2D eigenvalue weighted by molar-refractivity contribution is 5.76. The van der Waals surface area contributed by atoms with E-state index in [0.717, 1.165) is 103 Å². The standard InChI is InChI=1S/C77H139NO13/c1-3-5-7-9-11-13-15-17-19-21-23-25-27-29-30-31-32-33-34-35-37-38-40-42-44-46-48-50-52-54-56-58-60-66(81)65(64-88-76-74(87)72(85)75(68(63-80)90-76)91-77-73(86)71(84)70(83)67(62-79)89-77)78-69(82)61-59-57-55-53-51-49-47-45-43-41-39-36-28-26-24-22-20-18-16-14-12-10-8-6-4-2/h6,8,12,14,18,20,24,26,36,39,43,45,65-68,70-77,79-81,83-87H,3-5,7,9-11,13,15-17,19,21-23,25,27-35,37-38,40-42,44,46-64H2,1-2H3,(H,78,82)/b8-6-,14-12-,20-18-,26-24-,39-36-,45-43-. The van der Waals surface area contributed by atoms with Gasteiger partial charge in [-0.15, -0.1) is 0 Å². The van der Waals surface area contributed by atoms with Gasteiger partial charge in [-0.2, -0.15) is 0 Å². The number of unbranched alkanes of at least 4 members (excludes halogenated alkanes) is 37. The Balaban J connectivity index is 1.64. The second-order valence-corrected chi connectivity index (χ2v) is 26.4. The summed E-state index contributed by atoms with van der Waals surface area (Å²) in [7, 11) is 0. The fourth-order valence-corrected chi connectivity index (χ4v) is 12.2. The van der Waals surface area contributed by atoms with Crippen LogP contribution >= 0.6 is 0 Å². The molecule has 0 radical (unpaired) electrons. The summed E-state index contributed by atoms with van der Waals surface area (Å²) in [5.41, 5.74) is 0. The Labute approximate surface area is 555 Å². The molecule has 2 fully saturated rings. The summed E-state index contributed by atoms with van der Waals surface area (Å²) in [6.45, 7) is 2.78. The zero-order valence-corrected chi connectivity index (χ0v) is 57.8. The molecule has 2 heterocycles. The van der Waals surface area contributed by atoms with Crippen LogP contribution in [0.4, 0.5) is 0 Å². The number of rotatable bonds is 62. The van der Waals surface area contributed by atoms with Crippen LogP contribution in [0.15, 0.2) is 72.9 Å². The first kappa shape index (κ1) is 84.5. The highest BCUT2D eigenvalue weighted by Gasteiger charge is 2.51. The Morgan fingerprint density at radius 3 is 1.16 bits per heavy atom. The van der Waals surface area contributed by atoms with Crippen LogP contribution in [0, 0.1) is 0 Å². The summed E-state index contributed by atoms with van der Waals surface area (Å²) >= 11 is 0. The van der Waals surface area contributed by atoms with Crippen molar-refractivity contribution in [3.8, 4) is 0 Å². The number of amides is 1. The SMILES string of the molecule is CC/C=C\C/C=C\C/C=C\C/C=C\C/C=C\C/C=C\CCCCCCCCC(=O)NC(COC1OC(CO)C(OC2OC(CO)C(O)C(O)C2O)C(O)C1O)C(O)CCCCCCCCCCCCCCCCCCCCCCCCCCCCCCCCCC. The first-order valence-corrected chi connectivity index (χ1v) is 37.7. The summed E-state index contributed by atoms with van der Waals surface area (Å²) < 4.78 is 22.9. The smallest absolute Gasteiger partial charge is 0.220 e. The number of hydrogen-bond donors (Lipinski definition) is 9. The third kappa shape index (κ3) is 44.7. The molecule has 91 heavy (non-hydrogen) atoms. The normalized spacial score (nSPS) is 23.2. The van der Waals surface area contributed by atoms with Crippen LogP contribution in [-0.4, -0.2) is 140 Å². The van der Waals surface area contributed by atoms with E-state index in [0.29, 0.717) is 12.8 Å². The number of allylic oxidation sites excluding steroid dienone is 12. The van der Waals surface area contributed by atoms with Crippen LogP contribution in [0.3, 0.4) is 0 Å². The van der Waals surface area contributed by atoms with Crippen molar-refractivity contribution < 1.29 is 64.6 Å². The lowest BCUT2D eigenvalue weighted by Crippen LogP contribution is -2.65. The molecular formula is C77H139NO13. The fraction of sp³-hybridized carbons (Fsp3) is 0.831. The van der Waals surface area contributed by atoms with E-state index in [4.69, 9.17) is 18.9 Å². The zero-order valence-electron chi connectivity index (χ0n) is 57.8. The number of hydrogen-bond acceptors (Lipinski definition) is 13. The summed E-state index contributed by atoms with van der Waals surface area (Å²) in [5.74, 6) is -0.220. The van der Waals surface area contributed by atoms with Crippen LogP contribution < -0.4 is 5.32 Å². The molecule has 14 heteroatoms. The summed E-state index contributed by atoms with van der Waals surface area (Å²) in [6.07, 6.45) is 66.4. The average Bonchev–Trinajstić information content (AvgIpc) is 1.15. The molecule has 14 nitrogen and oxygen atoms in total. The van der Waals surface area contributed by atoms with Gasteiger partial charge in [0.1, 0.15) is 48.8 Å². The van der Waals surface area contributed by atoms with Crippen molar-refractivity contribution in [1.29, 1.82) is 0 Å². The molecule has 2 saturated heterocycles. The molecule has 0 aromatic carbocycles. The van der Waals surface area contributed by atoms with Crippen molar-refractivity contribution in [2.45, 2.75) is 389 Å². The molecule has 12 atom stereocenters. The van der Waals surface area contributed by atoms with Crippen LogP contribution in [0.5, 0.6) is 0 Å². The molecule has 0 aromatic heterocycles. The van der Waals surface area contributed by atoms with Crippen LogP contribution in [0.1, 0.15) is 316 Å². The Morgan fingerprint density at radius 1 is 0.407 bits per heavy atom. The number of ether oxygens (including phenoxy) is 4. The van der Waals surface area contributed by atoms with Gasteiger partial charge in [-0.25, -0.2) is 0 Å². The molecule has 0 aliphatic carbocycles. The van der Waals surface area contributed by atoms with E-state index >= 15 is 0 Å². The number of aliphatic hydroxyl groups is 8. The average molecular weight is 1290 g/mol. The van der Waals surface area contributed by atoms with E-state index in [2.05, 4.69) is 92.1 Å². The molecule has 0 saturated carbocycles. The molecule has 1 amide bonds. The second kappa shape index (κ2) is 61.1. The third-order valence-corrected chi connectivity index (χ3v) is 18.2. The highest BCUT2D eigenvalue weighted by atomic mass is 16.7. The minimum absolute atomic E-state index is 0.220. The van der Waals surface area contributed by atoms with Gasteiger partial charge in [-0.1, -0.05) is 318 Å². The molecule has 0 spiro atoms. The Kier molecular flexibility index (Phi) is 56.7. The van der Waals surface area contributed by atoms with E-state index in [9.17, 15) is 45.6 Å². The maximum absolute atomic E-state index is 13.4. The van der Waals surface area contributed by atoms with Crippen LogP contribution in [0.25, 0.3) is 0 Å². The summed E-state index contributed by atoms with van der Waals surface area (Å²) in [6, 6.07) is -0.844. The second-order valence-electron chi connectivity index (χ2n) is 26.4. The molecule has 9 N–H and O–H groups in total. The third-order valence-electron chi connectivity index (χ3n) is 18.2. The first-order valence-electron chi connectivity index (χ1n) is 37.7. The first-order chi connectivity index (χ1) is 44.6. The number of carbonyl (C=O) groups is 1. The van der Waals surface area contributed by atoms with Crippen molar-refractivity contribution in [2.75, 3.05) is 19.8 Å². The monoisotopic (exact) mass is 1290 g/mol. The van der Waals surface area contributed by atoms with E-state index in [1.54, 1.807) is 0 Å². The lowest BCUT2D eigenvalue weighted by molar-refractivity contribution is -0.359. The van der Waals surface area contributed by atoms with Gasteiger partial charge in [0.25, 0.3) is 0 Å². The van der Waals surface area contributed by atoms with Gasteiger partial charge in [0.15, 0.2) is 12.6 Å². The van der Waals surface area contributed by atoms with Crippen molar-refractivity contribution in [3.63, 3.8) is 0 Å². The van der Waals surface area contributed by atoms with Crippen molar-refractivity contribution >= 4 is 5.91 Å². The molecule has 2 aliphatic heterocycles. The van der Waals surface area contributed by atoms with E-state index in [1.165, 1.54) is 180 Å². The fourth-order valence-electron chi connectivity index (χ4n) is 12.2. The highest BCUT2D eigenvalue weighted by Crippen LogP contribution is 2.30. The van der Waals surface area contributed by atoms with Gasteiger partial charge in [0, 0.05) is 6.42 Å². The molecule has 2 rings (SSSR count). The van der Waals surface area contributed by atoms with Crippen molar-refractivity contribution in [1.82, 2.24) is 5.32 Å². The molecule has 530 valence electrons. The molecule has 12 unspecified atom stereocenters. The minimum atomic E-state index is -1.79. The maximum atomic E-state index is 13.4. The van der Waals surface area contributed by atoms with E-state index in [1.807, 2.05) is 0 Å². The van der Waals surface area contributed by atoms with Crippen LogP contribution in [0.2, 0.25) is 0 Å². The molecular weight excluding hydrogens is 1150 g/mol. The predicted molar refractivity (Wildman–Crippen MR) is 373 cm³/mol. The van der Waals surface area contributed by atoms with Gasteiger partial charge in [0.05, 0.1) is 32.0 Å².